The number of ether oxygens (including phenoxy) is 1. The molecule has 0 aliphatic carbocycles. The standard InChI is InChI=1S/C10H19F2NO3S/c1-6-16-8(14)10(11,12)7(2)13-17(15)9(3,4)5/h7,13H,6H2,1-5H3. The number of rotatable bonds is 5. The first-order chi connectivity index (χ1) is 7.53. The van der Waals surface area contributed by atoms with Crippen molar-refractivity contribution in [2.75, 3.05) is 6.61 Å². The van der Waals surface area contributed by atoms with Crippen LogP contribution in [0.3, 0.4) is 0 Å². The number of esters is 1. The summed E-state index contributed by atoms with van der Waals surface area (Å²) in [4.78, 5) is 11.0. The van der Waals surface area contributed by atoms with Crippen LogP contribution in [0.1, 0.15) is 34.6 Å². The molecule has 0 bridgehead atoms. The van der Waals surface area contributed by atoms with Gasteiger partial charge < -0.3 is 4.74 Å². The van der Waals surface area contributed by atoms with E-state index < -0.39 is 33.7 Å². The van der Waals surface area contributed by atoms with Crippen molar-refractivity contribution >= 4 is 17.0 Å². The third-order valence-corrected chi connectivity index (χ3v) is 3.61. The second-order valence-corrected chi connectivity index (χ2v) is 6.56. The molecule has 0 aliphatic rings. The number of nitrogens with one attached hydrogen (secondary N) is 1. The molecule has 0 saturated carbocycles. The summed E-state index contributed by atoms with van der Waals surface area (Å²) in [5.41, 5.74) is 0. The van der Waals surface area contributed by atoms with Crippen LogP contribution in [0.5, 0.6) is 0 Å². The summed E-state index contributed by atoms with van der Waals surface area (Å²) in [5, 5.41) is 0. The van der Waals surface area contributed by atoms with Crippen LogP contribution in [0.4, 0.5) is 8.78 Å². The minimum atomic E-state index is -3.70. The van der Waals surface area contributed by atoms with Crippen molar-refractivity contribution in [3.05, 3.63) is 0 Å². The first kappa shape index (κ1) is 16.4. The van der Waals surface area contributed by atoms with Crippen LogP contribution in [0, 0.1) is 0 Å². The number of carbonyl (C=O) groups excluding carboxylic acids is 1. The second-order valence-electron chi connectivity index (χ2n) is 4.56. The smallest absolute Gasteiger partial charge is 0.378 e. The molecular weight excluding hydrogens is 252 g/mol. The van der Waals surface area contributed by atoms with Crippen LogP contribution < -0.4 is 4.72 Å². The summed E-state index contributed by atoms with van der Waals surface area (Å²) < 4.78 is 44.4. The van der Waals surface area contributed by atoms with Crippen molar-refractivity contribution in [2.45, 2.75) is 51.3 Å². The molecule has 2 unspecified atom stereocenters. The SMILES string of the molecule is CCOC(=O)C(F)(F)C(C)NS(=O)C(C)(C)C. The van der Waals surface area contributed by atoms with Gasteiger partial charge in [-0.3, -0.25) is 0 Å². The number of halogens is 2. The van der Waals surface area contributed by atoms with Gasteiger partial charge in [0.25, 0.3) is 0 Å². The molecule has 0 aliphatic heterocycles. The van der Waals surface area contributed by atoms with Gasteiger partial charge in [0.05, 0.1) is 28.4 Å². The van der Waals surface area contributed by atoms with Crippen LogP contribution in [0.25, 0.3) is 0 Å². The third-order valence-electron chi connectivity index (χ3n) is 1.93. The first-order valence-corrected chi connectivity index (χ1v) is 6.41. The van der Waals surface area contributed by atoms with E-state index >= 15 is 0 Å². The molecule has 0 spiro atoms. The maximum absolute atomic E-state index is 13.5. The van der Waals surface area contributed by atoms with E-state index in [0.29, 0.717) is 0 Å². The molecule has 0 fully saturated rings. The zero-order chi connectivity index (χ0) is 13.9. The Bertz CT molecular complexity index is 302. The number of hydrogen-bond acceptors (Lipinski definition) is 3. The van der Waals surface area contributed by atoms with Crippen molar-refractivity contribution in [1.29, 1.82) is 0 Å². The lowest BCUT2D eigenvalue weighted by molar-refractivity contribution is -0.174. The summed E-state index contributed by atoms with van der Waals surface area (Å²) in [7, 11) is -1.67. The van der Waals surface area contributed by atoms with Crippen LogP contribution in [0.15, 0.2) is 0 Å². The molecule has 0 radical (unpaired) electrons. The maximum Gasteiger partial charge on any atom is 0.378 e. The predicted octanol–water partition coefficient (Wildman–Crippen LogP) is 1.63. The van der Waals surface area contributed by atoms with Crippen LogP contribution in [0.2, 0.25) is 0 Å². The molecule has 102 valence electrons. The minimum Gasteiger partial charge on any atom is -0.462 e. The molecule has 2 atom stereocenters. The van der Waals surface area contributed by atoms with Gasteiger partial charge in [0.2, 0.25) is 0 Å². The fourth-order valence-electron chi connectivity index (χ4n) is 0.815. The van der Waals surface area contributed by atoms with E-state index in [1.165, 1.54) is 6.92 Å². The Balaban J connectivity index is 4.65. The Morgan fingerprint density at radius 2 is 1.88 bits per heavy atom. The van der Waals surface area contributed by atoms with E-state index in [0.717, 1.165) is 6.92 Å². The minimum absolute atomic E-state index is 0.122. The Morgan fingerprint density at radius 1 is 1.41 bits per heavy atom. The molecule has 4 nitrogen and oxygen atoms in total. The number of alkyl halides is 2. The van der Waals surface area contributed by atoms with Gasteiger partial charge in [-0.05, 0) is 34.6 Å². The van der Waals surface area contributed by atoms with E-state index in [4.69, 9.17) is 0 Å². The maximum atomic E-state index is 13.5. The number of carbonyl (C=O) groups is 1. The molecule has 7 heteroatoms. The second kappa shape index (κ2) is 5.86. The summed E-state index contributed by atoms with van der Waals surface area (Å²) in [6.07, 6.45) is 0. The van der Waals surface area contributed by atoms with E-state index in [-0.39, 0.29) is 6.61 Å². The lowest BCUT2D eigenvalue weighted by atomic mass is 10.2. The van der Waals surface area contributed by atoms with Crippen molar-refractivity contribution in [3.8, 4) is 0 Å². The quantitative estimate of drug-likeness (QED) is 0.773. The highest BCUT2D eigenvalue weighted by Gasteiger charge is 2.47. The molecule has 0 aromatic carbocycles. The Hall–Kier alpha value is -0.560. The fraction of sp³-hybridized carbons (Fsp3) is 0.900. The summed E-state index contributed by atoms with van der Waals surface area (Å²) in [5.74, 6) is -5.30. The summed E-state index contributed by atoms with van der Waals surface area (Å²) >= 11 is 0. The van der Waals surface area contributed by atoms with Crippen molar-refractivity contribution in [3.63, 3.8) is 0 Å². The van der Waals surface area contributed by atoms with E-state index in [1.807, 2.05) is 0 Å². The molecule has 0 saturated heterocycles. The molecule has 1 N–H and O–H groups in total. The van der Waals surface area contributed by atoms with Gasteiger partial charge >= 0.3 is 11.9 Å². The van der Waals surface area contributed by atoms with Crippen LogP contribution in [-0.4, -0.2) is 33.5 Å². The average Bonchev–Trinajstić information content (AvgIpc) is 2.16. The van der Waals surface area contributed by atoms with Gasteiger partial charge in [0, 0.05) is 0 Å². The van der Waals surface area contributed by atoms with E-state index in [1.54, 1.807) is 20.8 Å². The van der Waals surface area contributed by atoms with Gasteiger partial charge in [0.1, 0.15) is 0 Å². The van der Waals surface area contributed by atoms with Gasteiger partial charge in [-0.1, -0.05) is 0 Å². The zero-order valence-electron chi connectivity index (χ0n) is 10.7. The van der Waals surface area contributed by atoms with Crippen LogP contribution >= 0.6 is 0 Å². The normalized spacial score (nSPS) is 16.4. The molecule has 0 heterocycles. The van der Waals surface area contributed by atoms with Gasteiger partial charge in [-0.2, -0.15) is 8.78 Å². The Morgan fingerprint density at radius 3 is 2.24 bits per heavy atom. The third kappa shape index (κ3) is 4.67. The van der Waals surface area contributed by atoms with Gasteiger partial charge in [0.15, 0.2) is 0 Å². The zero-order valence-corrected chi connectivity index (χ0v) is 11.5. The first-order valence-electron chi connectivity index (χ1n) is 5.26. The fourth-order valence-corrected chi connectivity index (χ4v) is 1.64. The summed E-state index contributed by atoms with van der Waals surface area (Å²) in [6, 6.07) is -1.55. The van der Waals surface area contributed by atoms with Crippen molar-refractivity contribution in [2.24, 2.45) is 0 Å². The molecular formula is C10H19F2NO3S. The van der Waals surface area contributed by atoms with E-state index in [9.17, 15) is 17.8 Å². The van der Waals surface area contributed by atoms with Gasteiger partial charge in [-0.15, -0.1) is 0 Å². The largest absolute Gasteiger partial charge is 0.462 e. The Labute approximate surface area is 103 Å². The van der Waals surface area contributed by atoms with Crippen LogP contribution in [-0.2, 0) is 20.5 Å². The predicted molar refractivity (Wildman–Crippen MR) is 62.1 cm³/mol. The number of hydrogen-bond donors (Lipinski definition) is 1. The monoisotopic (exact) mass is 271 g/mol. The lowest BCUT2D eigenvalue weighted by Gasteiger charge is -2.26. The topological polar surface area (TPSA) is 55.4 Å². The van der Waals surface area contributed by atoms with Crippen molar-refractivity contribution < 1.29 is 22.5 Å². The highest BCUT2D eigenvalue weighted by Crippen LogP contribution is 2.22. The molecule has 0 amide bonds. The van der Waals surface area contributed by atoms with E-state index in [2.05, 4.69) is 9.46 Å². The molecule has 0 rings (SSSR count). The highest BCUT2D eigenvalue weighted by molar-refractivity contribution is 7.84. The molecule has 17 heavy (non-hydrogen) atoms. The highest BCUT2D eigenvalue weighted by atomic mass is 32.2. The summed E-state index contributed by atoms with van der Waals surface area (Å²) in [6.45, 7) is 7.35. The Kier molecular flexibility index (Phi) is 5.67. The lowest BCUT2D eigenvalue weighted by Crippen LogP contribution is -2.51. The molecule has 0 aromatic heterocycles. The van der Waals surface area contributed by atoms with Gasteiger partial charge in [-0.25, -0.2) is 13.7 Å². The average molecular weight is 271 g/mol. The molecule has 0 aromatic rings. The van der Waals surface area contributed by atoms with Crippen molar-refractivity contribution in [1.82, 2.24) is 4.72 Å².